The molecule has 0 aliphatic heterocycles. The van der Waals surface area contributed by atoms with E-state index in [0.717, 1.165) is 22.2 Å². The van der Waals surface area contributed by atoms with Crippen LogP contribution in [0.1, 0.15) is 43.1 Å². The molecule has 1 atom stereocenters. The zero-order valence-corrected chi connectivity index (χ0v) is 21.6. The second-order valence-corrected chi connectivity index (χ2v) is 8.81. The first kappa shape index (κ1) is 26.2. The molecule has 7 nitrogen and oxygen atoms in total. The number of hydrogen-bond donors (Lipinski definition) is 2. The third kappa shape index (κ3) is 8.86. The van der Waals surface area contributed by atoms with Gasteiger partial charge in [0.25, 0.3) is 0 Å². The average molecular weight is 545 g/mol. The van der Waals surface area contributed by atoms with Crippen LogP contribution in [0, 0.1) is 6.92 Å². The first-order valence-corrected chi connectivity index (χ1v) is 10.4. The van der Waals surface area contributed by atoms with Crippen molar-refractivity contribution in [1.82, 2.24) is 20.5 Å². The summed E-state index contributed by atoms with van der Waals surface area (Å²) >= 11 is 1.63. The van der Waals surface area contributed by atoms with E-state index in [1.165, 1.54) is 0 Å². The van der Waals surface area contributed by atoms with Gasteiger partial charge in [-0.15, -0.1) is 35.3 Å². The number of halogens is 1. The molecular formula is C21H32IN5O2S. The number of carbonyl (C=O) groups excluding carboxylic acids is 1. The minimum Gasteiger partial charge on any atom is -0.444 e. The molecule has 1 amide bonds. The summed E-state index contributed by atoms with van der Waals surface area (Å²) in [6, 6.07) is 9.54. The summed E-state index contributed by atoms with van der Waals surface area (Å²) in [6.07, 6.45) is -0.450. The molecular weight excluding hydrogens is 513 g/mol. The molecule has 0 radical (unpaired) electrons. The molecule has 1 unspecified atom stereocenters. The largest absolute Gasteiger partial charge is 0.444 e. The van der Waals surface area contributed by atoms with Gasteiger partial charge in [-0.25, -0.2) is 9.78 Å². The van der Waals surface area contributed by atoms with Gasteiger partial charge in [0.1, 0.15) is 5.60 Å². The number of nitrogens with zero attached hydrogens (tertiary/aromatic N) is 3. The van der Waals surface area contributed by atoms with Crippen molar-refractivity contribution in [2.75, 3.05) is 20.6 Å². The highest BCUT2D eigenvalue weighted by Crippen LogP contribution is 2.15. The Morgan fingerprint density at radius 1 is 1.30 bits per heavy atom. The number of amides is 1. The van der Waals surface area contributed by atoms with Gasteiger partial charge in [-0.2, -0.15) is 0 Å². The summed E-state index contributed by atoms with van der Waals surface area (Å²) in [5.41, 5.74) is 1.43. The Balaban J connectivity index is 0.00000450. The highest BCUT2D eigenvalue weighted by Gasteiger charge is 2.21. The zero-order chi connectivity index (χ0) is 21.4. The van der Waals surface area contributed by atoms with Crippen LogP contribution in [0.15, 0.2) is 40.7 Å². The maximum atomic E-state index is 12.3. The van der Waals surface area contributed by atoms with Gasteiger partial charge < -0.3 is 20.3 Å². The van der Waals surface area contributed by atoms with Crippen LogP contribution in [0.5, 0.6) is 0 Å². The van der Waals surface area contributed by atoms with Crippen molar-refractivity contribution in [3.05, 3.63) is 52.0 Å². The fourth-order valence-electron chi connectivity index (χ4n) is 2.76. The SMILES string of the molecule is CN=C(NCC(NC(=O)OC(C)(C)C)c1ccccc1)N(C)Cc1csc(C)n1.I. The predicted octanol–water partition coefficient (Wildman–Crippen LogP) is 4.34. The summed E-state index contributed by atoms with van der Waals surface area (Å²) in [5, 5.41) is 9.39. The van der Waals surface area contributed by atoms with Crippen molar-refractivity contribution in [2.45, 2.75) is 45.9 Å². The summed E-state index contributed by atoms with van der Waals surface area (Å²) in [5.74, 6) is 0.725. The topological polar surface area (TPSA) is 78.8 Å². The summed E-state index contributed by atoms with van der Waals surface area (Å²) in [7, 11) is 3.70. The molecule has 2 rings (SSSR count). The molecule has 2 N–H and O–H groups in total. The standard InChI is InChI=1S/C21H31N5O2S.HI/c1-15-24-17(14-29-15)13-26(6)19(22-5)23-12-18(16-10-8-7-9-11-16)25-20(27)28-21(2,3)4;/h7-11,14,18H,12-13H2,1-6H3,(H,22,23)(H,25,27);1H. The lowest BCUT2D eigenvalue weighted by atomic mass is 10.1. The van der Waals surface area contributed by atoms with Crippen LogP contribution >= 0.6 is 35.3 Å². The Labute approximate surface area is 200 Å². The van der Waals surface area contributed by atoms with Crippen LogP contribution in [-0.4, -0.2) is 48.2 Å². The Morgan fingerprint density at radius 2 is 1.97 bits per heavy atom. The Bertz CT molecular complexity index is 820. The predicted molar refractivity (Wildman–Crippen MR) is 134 cm³/mol. The Kier molecular flexibility index (Phi) is 10.5. The quantitative estimate of drug-likeness (QED) is 0.321. The fraction of sp³-hybridized carbons (Fsp3) is 0.476. The highest BCUT2D eigenvalue weighted by atomic mass is 127. The zero-order valence-electron chi connectivity index (χ0n) is 18.4. The monoisotopic (exact) mass is 545 g/mol. The van der Waals surface area contributed by atoms with E-state index in [9.17, 15) is 4.79 Å². The third-order valence-electron chi connectivity index (χ3n) is 4.00. The van der Waals surface area contributed by atoms with Crippen molar-refractivity contribution in [1.29, 1.82) is 0 Å². The third-order valence-corrected chi connectivity index (χ3v) is 4.82. The number of thiazole rings is 1. The first-order valence-electron chi connectivity index (χ1n) is 9.55. The number of guanidine groups is 1. The number of carbonyl (C=O) groups is 1. The molecule has 1 aromatic carbocycles. The molecule has 0 fully saturated rings. The number of nitrogens with one attached hydrogen (secondary N) is 2. The average Bonchev–Trinajstić information content (AvgIpc) is 3.05. The van der Waals surface area contributed by atoms with Gasteiger partial charge >= 0.3 is 6.09 Å². The van der Waals surface area contributed by atoms with Gasteiger partial charge in [-0.05, 0) is 33.3 Å². The number of aliphatic imine (C=N–C) groups is 1. The second-order valence-electron chi connectivity index (χ2n) is 7.75. The molecule has 1 heterocycles. The molecule has 0 bridgehead atoms. The lowest BCUT2D eigenvalue weighted by molar-refractivity contribution is 0.0504. The van der Waals surface area contributed by atoms with Gasteiger partial charge in [-0.3, -0.25) is 4.99 Å². The molecule has 9 heteroatoms. The van der Waals surface area contributed by atoms with E-state index in [4.69, 9.17) is 4.74 Å². The molecule has 1 aromatic heterocycles. The van der Waals surface area contributed by atoms with Crippen LogP contribution in [0.2, 0.25) is 0 Å². The molecule has 166 valence electrons. The molecule has 0 aliphatic rings. The van der Waals surface area contributed by atoms with Crippen molar-refractivity contribution in [3.63, 3.8) is 0 Å². The maximum Gasteiger partial charge on any atom is 0.408 e. The fourth-order valence-corrected chi connectivity index (χ4v) is 3.37. The highest BCUT2D eigenvalue weighted by molar-refractivity contribution is 14.0. The van der Waals surface area contributed by atoms with E-state index in [0.29, 0.717) is 13.1 Å². The van der Waals surface area contributed by atoms with Gasteiger partial charge in [0.05, 0.1) is 23.3 Å². The summed E-state index contributed by atoms with van der Waals surface area (Å²) in [6.45, 7) is 8.65. The lowest BCUT2D eigenvalue weighted by Crippen LogP contribution is -2.44. The molecule has 0 aliphatic carbocycles. The van der Waals surface area contributed by atoms with Crippen LogP contribution in [0.25, 0.3) is 0 Å². The van der Waals surface area contributed by atoms with Crippen molar-refractivity contribution < 1.29 is 9.53 Å². The van der Waals surface area contributed by atoms with Crippen molar-refractivity contribution in [2.24, 2.45) is 4.99 Å². The van der Waals surface area contributed by atoms with Gasteiger partial charge in [-0.1, -0.05) is 30.3 Å². The van der Waals surface area contributed by atoms with Gasteiger partial charge in [0.15, 0.2) is 5.96 Å². The van der Waals surface area contributed by atoms with Crippen LogP contribution in [0.3, 0.4) is 0 Å². The van der Waals surface area contributed by atoms with E-state index in [-0.39, 0.29) is 30.0 Å². The van der Waals surface area contributed by atoms with E-state index < -0.39 is 11.7 Å². The second kappa shape index (κ2) is 12.1. The number of aryl methyl sites for hydroxylation is 1. The number of alkyl carbamates (subject to hydrolysis) is 1. The van der Waals surface area contributed by atoms with Crippen molar-refractivity contribution in [3.8, 4) is 0 Å². The van der Waals surface area contributed by atoms with E-state index in [1.54, 1.807) is 18.4 Å². The molecule has 0 spiro atoms. The first-order chi connectivity index (χ1) is 13.7. The van der Waals surface area contributed by atoms with E-state index in [1.807, 2.05) is 70.0 Å². The van der Waals surface area contributed by atoms with Gasteiger partial charge in [0, 0.05) is 26.0 Å². The Morgan fingerprint density at radius 3 is 2.50 bits per heavy atom. The number of aromatic nitrogens is 1. The van der Waals surface area contributed by atoms with Crippen LogP contribution < -0.4 is 10.6 Å². The number of ether oxygens (including phenoxy) is 1. The van der Waals surface area contributed by atoms with E-state index in [2.05, 4.69) is 26.0 Å². The van der Waals surface area contributed by atoms with Gasteiger partial charge in [0.2, 0.25) is 0 Å². The van der Waals surface area contributed by atoms with Crippen LogP contribution in [0.4, 0.5) is 4.79 Å². The Hall–Kier alpha value is -1.88. The molecule has 0 saturated carbocycles. The molecule has 30 heavy (non-hydrogen) atoms. The minimum absolute atomic E-state index is 0. The number of hydrogen-bond acceptors (Lipinski definition) is 5. The normalized spacial score (nSPS) is 12.5. The smallest absolute Gasteiger partial charge is 0.408 e. The lowest BCUT2D eigenvalue weighted by Gasteiger charge is -2.26. The maximum absolute atomic E-state index is 12.3. The minimum atomic E-state index is -0.555. The summed E-state index contributed by atoms with van der Waals surface area (Å²) < 4.78 is 5.43. The molecule has 0 saturated heterocycles. The van der Waals surface area contributed by atoms with Crippen LogP contribution in [-0.2, 0) is 11.3 Å². The van der Waals surface area contributed by atoms with Crippen molar-refractivity contribution >= 4 is 47.4 Å². The number of benzene rings is 1. The summed E-state index contributed by atoms with van der Waals surface area (Å²) in [4.78, 5) is 23.2. The van der Waals surface area contributed by atoms with E-state index >= 15 is 0 Å². The number of rotatable bonds is 6. The molecule has 2 aromatic rings.